The molecule has 4 heteroatoms. The first kappa shape index (κ1) is 14.2. The number of rotatable bonds is 4. The van der Waals surface area contributed by atoms with Crippen LogP contribution in [0.25, 0.3) is 0 Å². The van der Waals surface area contributed by atoms with Crippen LogP contribution in [-0.2, 0) is 4.79 Å². The van der Waals surface area contributed by atoms with E-state index in [0.29, 0.717) is 11.3 Å². The van der Waals surface area contributed by atoms with Crippen LogP contribution in [0.3, 0.4) is 0 Å². The fraction of sp³-hybridized carbons (Fsp3) is 0.429. The average Bonchev–Trinajstić information content (AvgIpc) is 2.30. The van der Waals surface area contributed by atoms with Gasteiger partial charge in [0.05, 0.1) is 5.56 Å². The van der Waals surface area contributed by atoms with Gasteiger partial charge in [0.2, 0.25) is 5.91 Å². The summed E-state index contributed by atoms with van der Waals surface area (Å²) >= 11 is 0. The maximum atomic E-state index is 11.8. The standard InChI is InChI=1S/C14H19NO3/c1-5-8(2)13(16)15-12-7-11(14(17)18)9(3)6-10(12)4/h6-8H,5H2,1-4H3,(H,15,16)(H,17,18). The molecule has 0 bridgehead atoms. The van der Waals surface area contributed by atoms with Gasteiger partial charge >= 0.3 is 5.97 Å². The van der Waals surface area contributed by atoms with Gasteiger partial charge in [-0.1, -0.05) is 19.9 Å². The van der Waals surface area contributed by atoms with Gasteiger partial charge in [-0.15, -0.1) is 0 Å². The monoisotopic (exact) mass is 249 g/mol. The number of amides is 1. The molecule has 0 aliphatic rings. The Morgan fingerprint density at radius 2 is 1.89 bits per heavy atom. The van der Waals surface area contributed by atoms with Crippen molar-refractivity contribution in [2.24, 2.45) is 5.92 Å². The number of anilines is 1. The molecule has 1 unspecified atom stereocenters. The predicted molar refractivity (Wildman–Crippen MR) is 71.0 cm³/mol. The van der Waals surface area contributed by atoms with E-state index in [1.807, 2.05) is 20.8 Å². The molecule has 1 aromatic carbocycles. The number of hydrogen-bond donors (Lipinski definition) is 2. The lowest BCUT2D eigenvalue weighted by Gasteiger charge is -2.14. The molecule has 1 rings (SSSR count). The van der Waals surface area contributed by atoms with Crippen LogP contribution >= 0.6 is 0 Å². The normalized spacial score (nSPS) is 12.0. The van der Waals surface area contributed by atoms with Crippen molar-refractivity contribution in [2.75, 3.05) is 5.32 Å². The van der Waals surface area contributed by atoms with Gasteiger partial charge in [0.1, 0.15) is 0 Å². The van der Waals surface area contributed by atoms with E-state index >= 15 is 0 Å². The fourth-order valence-corrected chi connectivity index (χ4v) is 1.66. The molecule has 0 saturated carbocycles. The zero-order valence-corrected chi connectivity index (χ0v) is 11.2. The third kappa shape index (κ3) is 3.09. The molecular weight excluding hydrogens is 230 g/mol. The molecular formula is C14H19NO3. The summed E-state index contributed by atoms with van der Waals surface area (Å²) in [5, 5.41) is 11.8. The summed E-state index contributed by atoms with van der Waals surface area (Å²) < 4.78 is 0. The van der Waals surface area contributed by atoms with Crippen molar-refractivity contribution in [3.63, 3.8) is 0 Å². The zero-order chi connectivity index (χ0) is 13.9. The third-order valence-corrected chi connectivity index (χ3v) is 3.12. The average molecular weight is 249 g/mol. The first-order chi connectivity index (χ1) is 8.36. The number of aromatic carboxylic acids is 1. The van der Waals surface area contributed by atoms with Crippen molar-refractivity contribution in [3.8, 4) is 0 Å². The van der Waals surface area contributed by atoms with Gasteiger partial charge in [-0.05, 0) is 37.5 Å². The quantitative estimate of drug-likeness (QED) is 0.862. The third-order valence-electron chi connectivity index (χ3n) is 3.12. The Morgan fingerprint density at radius 1 is 1.28 bits per heavy atom. The molecule has 4 nitrogen and oxygen atoms in total. The highest BCUT2D eigenvalue weighted by Gasteiger charge is 2.15. The molecule has 18 heavy (non-hydrogen) atoms. The second kappa shape index (κ2) is 5.67. The summed E-state index contributed by atoms with van der Waals surface area (Å²) in [4.78, 5) is 22.9. The highest BCUT2D eigenvalue weighted by atomic mass is 16.4. The van der Waals surface area contributed by atoms with Crippen molar-refractivity contribution in [1.29, 1.82) is 0 Å². The summed E-state index contributed by atoms with van der Waals surface area (Å²) in [6.45, 7) is 7.38. The molecule has 1 aromatic rings. The largest absolute Gasteiger partial charge is 0.478 e. The Morgan fingerprint density at radius 3 is 2.39 bits per heavy atom. The minimum absolute atomic E-state index is 0.0826. The van der Waals surface area contributed by atoms with E-state index in [2.05, 4.69) is 5.32 Å². The summed E-state index contributed by atoms with van der Waals surface area (Å²) in [5.41, 5.74) is 2.36. The maximum absolute atomic E-state index is 11.8. The molecule has 2 N–H and O–H groups in total. The van der Waals surface area contributed by atoms with Crippen molar-refractivity contribution < 1.29 is 14.7 Å². The molecule has 0 spiro atoms. The molecule has 0 saturated heterocycles. The Kier molecular flexibility index (Phi) is 4.48. The van der Waals surface area contributed by atoms with Gasteiger partial charge in [0.15, 0.2) is 0 Å². The van der Waals surface area contributed by atoms with Crippen LogP contribution in [0.1, 0.15) is 41.8 Å². The second-order valence-corrected chi connectivity index (χ2v) is 4.59. The number of carbonyl (C=O) groups excluding carboxylic acids is 1. The van der Waals surface area contributed by atoms with Crippen molar-refractivity contribution in [1.82, 2.24) is 0 Å². The van der Waals surface area contributed by atoms with Crippen LogP contribution in [0, 0.1) is 19.8 Å². The van der Waals surface area contributed by atoms with E-state index in [4.69, 9.17) is 5.11 Å². The van der Waals surface area contributed by atoms with Gasteiger partial charge < -0.3 is 10.4 Å². The van der Waals surface area contributed by atoms with Crippen LogP contribution in [0.2, 0.25) is 0 Å². The number of carbonyl (C=O) groups is 2. The molecule has 0 heterocycles. The van der Waals surface area contributed by atoms with Crippen LogP contribution in [0.15, 0.2) is 12.1 Å². The number of nitrogens with one attached hydrogen (secondary N) is 1. The SMILES string of the molecule is CCC(C)C(=O)Nc1cc(C(=O)O)c(C)cc1C. The van der Waals surface area contributed by atoms with Crippen molar-refractivity contribution >= 4 is 17.6 Å². The van der Waals surface area contributed by atoms with Gasteiger partial charge in [-0.3, -0.25) is 4.79 Å². The topological polar surface area (TPSA) is 66.4 Å². The van der Waals surface area contributed by atoms with Crippen LogP contribution in [0.4, 0.5) is 5.69 Å². The van der Waals surface area contributed by atoms with E-state index in [1.165, 1.54) is 6.07 Å². The van der Waals surface area contributed by atoms with Crippen LogP contribution < -0.4 is 5.32 Å². The minimum atomic E-state index is -0.980. The molecule has 0 fully saturated rings. The Balaban J connectivity index is 3.06. The van der Waals surface area contributed by atoms with Gasteiger partial charge in [-0.25, -0.2) is 4.79 Å². The predicted octanol–water partition coefficient (Wildman–Crippen LogP) is 2.99. The second-order valence-electron chi connectivity index (χ2n) is 4.59. The van der Waals surface area contributed by atoms with Crippen molar-refractivity contribution in [2.45, 2.75) is 34.1 Å². The lowest BCUT2D eigenvalue weighted by molar-refractivity contribution is -0.119. The maximum Gasteiger partial charge on any atom is 0.336 e. The number of aryl methyl sites for hydroxylation is 2. The number of benzene rings is 1. The highest BCUT2D eigenvalue weighted by molar-refractivity contribution is 5.96. The number of carboxylic acids is 1. The van der Waals surface area contributed by atoms with E-state index in [9.17, 15) is 9.59 Å². The molecule has 0 radical (unpaired) electrons. The fourth-order valence-electron chi connectivity index (χ4n) is 1.66. The summed E-state index contributed by atoms with van der Waals surface area (Å²) in [6, 6.07) is 3.29. The lowest BCUT2D eigenvalue weighted by atomic mass is 10.0. The van der Waals surface area contributed by atoms with Gasteiger partial charge in [0.25, 0.3) is 0 Å². The van der Waals surface area contributed by atoms with Gasteiger partial charge in [-0.2, -0.15) is 0 Å². The molecule has 1 atom stereocenters. The molecule has 0 aliphatic carbocycles. The summed E-state index contributed by atoms with van der Waals surface area (Å²) in [7, 11) is 0. The molecule has 1 amide bonds. The van der Waals surface area contributed by atoms with E-state index in [0.717, 1.165) is 12.0 Å². The molecule has 0 aliphatic heterocycles. The number of hydrogen-bond acceptors (Lipinski definition) is 2. The van der Waals surface area contributed by atoms with Gasteiger partial charge in [0, 0.05) is 11.6 Å². The minimum Gasteiger partial charge on any atom is -0.478 e. The van der Waals surface area contributed by atoms with Crippen molar-refractivity contribution in [3.05, 3.63) is 28.8 Å². The molecule has 98 valence electrons. The van der Waals surface area contributed by atoms with E-state index in [-0.39, 0.29) is 17.4 Å². The first-order valence-electron chi connectivity index (χ1n) is 6.02. The van der Waals surface area contributed by atoms with E-state index < -0.39 is 5.97 Å². The summed E-state index contributed by atoms with van der Waals surface area (Å²) in [5.74, 6) is -1.15. The highest BCUT2D eigenvalue weighted by Crippen LogP contribution is 2.21. The molecule has 0 aromatic heterocycles. The Labute approximate surface area is 107 Å². The van der Waals surface area contributed by atoms with Crippen LogP contribution in [-0.4, -0.2) is 17.0 Å². The number of carboxylic acid groups (broad SMARTS) is 1. The van der Waals surface area contributed by atoms with Crippen LogP contribution in [0.5, 0.6) is 0 Å². The first-order valence-corrected chi connectivity index (χ1v) is 6.02. The smallest absolute Gasteiger partial charge is 0.336 e. The van der Waals surface area contributed by atoms with E-state index in [1.54, 1.807) is 13.0 Å². The lowest BCUT2D eigenvalue weighted by Crippen LogP contribution is -2.20. The zero-order valence-electron chi connectivity index (χ0n) is 11.2. The Hall–Kier alpha value is -1.84. The Bertz CT molecular complexity index is 480. The summed E-state index contributed by atoms with van der Waals surface area (Å²) in [6.07, 6.45) is 0.753.